The standard InChI is InChI=1S/C6H4BrNO.H2O/c7-6-2-1-5(4-9)3-8-6;/h1-4H;1H2. The summed E-state index contributed by atoms with van der Waals surface area (Å²) in [7, 11) is 0. The lowest BCUT2D eigenvalue weighted by atomic mass is 10.3. The highest BCUT2D eigenvalue weighted by Gasteiger charge is 1.87. The van der Waals surface area contributed by atoms with Crippen molar-refractivity contribution in [3.8, 4) is 0 Å². The van der Waals surface area contributed by atoms with Crippen molar-refractivity contribution in [1.82, 2.24) is 4.98 Å². The van der Waals surface area contributed by atoms with Crippen LogP contribution in [0.4, 0.5) is 0 Å². The second-order valence-corrected chi connectivity index (χ2v) is 2.34. The minimum atomic E-state index is 0. The fourth-order valence-corrected chi connectivity index (χ4v) is 0.692. The fourth-order valence-electron chi connectivity index (χ4n) is 0.457. The molecule has 1 aromatic rings. The molecule has 0 radical (unpaired) electrons. The Balaban J connectivity index is 0.000000810. The second kappa shape index (κ2) is 4.14. The van der Waals surface area contributed by atoms with Crippen molar-refractivity contribution in [2.75, 3.05) is 0 Å². The number of aldehydes is 1. The molecule has 0 spiro atoms. The first kappa shape index (κ1) is 9.26. The van der Waals surface area contributed by atoms with Crippen molar-refractivity contribution in [3.05, 3.63) is 28.5 Å². The van der Waals surface area contributed by atoms with E-state index >= 15 is 0 Å². The molecule has 0 unspecified atom stereocenters. The third-order valence-electron chi connectivity index (χ3n) is 0.886. The number of halogens is 1. The van der Waals surface area contributed by atoms with Gasteiger partial charge >= 0.3 is 0 Å². The van der Waals surface area contributed by atoms with Crippen molar-refractivity contribution in [1.29, 1.82) is 0 Å². The predicted octanol–water partition coefficient (Wildman–Crippen LogP) is 0.832. The topological polar surface area (TPSA) is 61.5 Å². The number of hydrogen-bond acceptors (Lipinski definition) is 2. The van der Waals surface area contributed by atoms with Crippen LogP contribution < -0.4 is 0 Å². The molecule has 54 valence electrons. The molecule has 3 nitrogen and oxygen atoms in total. The van der Waals surface area contributed by atoms with E-state index in [-0.39, 0.29) is 5.48 Å². The molecule has 0 atom stereocenters. The lowest BCUT2D eigenvalue weighted by molar-refractivity contribution is 0.112. The minimum absolute atomic E-state index is 0. The molecule has 1 rings (SSSR count). The van der Waals surface area contributed by atoms with Gasteiger partial charge < -0.3 is 5.48 Å². The van der Waals surface area contributed by atoms with Gasteiger partial charge in [-0.2, -0.15) is 0 Å². The summed E-state index contributed by atoms with van der Waals surface area (Å²) >= 11 is 3.15. The first-order valence-corrected chi connectivity index (χ1v) is 3.19. The molecule has 4 heteroatoms. The quantitative estimate of drug-likeness (QED) is 0.502. The lowest BCUT2D eigenvalue weighted by Gasteiger charge is -1.87. The summed E-state index contributed by atoms with van der Waals surface area (Å²) in [6.45, 7) is 0. The molecule has 0 fully saturated rings. The predicted molar refractivity (Wildman–Crippen MR) is 40.9 cm³/mol. The van der Waals surface area contributed by atoms with Gasteiger partial charge in [-0.3, -0.25) is 4.79 Å². The van der Waals surface area contributed by atoms with Crippen LogP contribution in [0.2, 0.25) is 0 Å². The summed E-state index contributed by atoms with van der Waals surface area (Å²) in [5.41, 5.74) is 0.596. The Morgan fingerprint density at radius 3 is 2.60 bits per heavy atom. The maximum Gasteiger partial charge on any atom is 0.151 e. The van der Waals surface area contributed by atoms with E-state index in [1.54, 1.807) is 12.1 Å². The normalized spacial score (nSPS) is 8.10. The van der Waals surface area contributed by atoms with Crippen LogP contribution in [0.15, 0.2) is 22.9 Å². The van der Waals surface area contributed by atoms with Gasteiger partial charge in [0.05, 0.1) is 0 Å². The fraction of sp³-hybridized carbons (Fsp3) is 0. The van der Waals surface area contributed by atoms with Crippen LogP contribution in [0.1, 0.15) is 10.4 Å². The largest absolute Gasteiger partial charge is 0.412 e. The van der Waals surface area contributed by atoms with E-state index in [0.29, 0.717) is 5.56 Å². The molecule has 1 heterocycles. The molecular formula is C6H6BrNO2. The first-order valence-electron chi connectivity index (χ1n) is 2.39. The Bertz CT molecular complexity index is 209. The molecule has 0 amide bonds. The van der Waals surface area contributed by atoms with Crippen LogP contribution in [0.3, 0.4) is 0 Å². The zero-order valence-electron chi connectivity index (χ0n) is 5.04. The number of aromatic nitrogens is 1. The van der Waals surface area contributed by atoms with Gasteiger partial charge in [-0.05, 0) is 28.1 Å². The van der Waals surface area contributed by atoms with Gasteiger partial charge in [-0.15, -0.1) is 0 Å². The maximum atomic E-state index is 10.1. The van der Waals surface area contributed by atoms with Gasteiger partial charge in [-0.1, -0.05) is 0 Å². The third-order valence-corrected chi connectivity index (χ3v) is 1.36. The van der Waals surface area contributed by atoms with Crippen molar-refractivity contribution in [2.45, 2.75) is 0 Å². The minimum Gasteiger partial charge on any atom is -0.412 e. The number of carbonyl (C=O) groups is 1. The van der Waals surface area contributed by atoms with Crippen molar-refractivity contribution >= 4 is 22.2 Å². The van der Waals surface area contributed by atoms with Gasteiger partial charge in [-0.25, -0.2) is 4.98 Å². The van der Waals surface area contributed by atoms with Gasteiger partial charge in [0.25, 0.3) is 0 Å². The monoisotopic (exact) mass is 203 g/mol. The van der Waals surface area contributed by atoms with Gasteiger partial charge in [0.15, 0.2) is 6.29 Å². The van der Waals surface area contributed by atoms with Crippen molar-refractivity contribution < 1.29 is 10.3 Å². The second-order valence-electron chi connectivity index (χ2n) is 1.53. The Labute approximate surface area is 66.5 Å². The van der Waals surface area contributed by atoms with E-state index in [4.69, 9.17) is 0 Å². The summed E-state index contributed by atoms with van der Waals surface area (Å²) in [6, 6.07) is 3.42. The van der Waals surface area contributed by atoms with E-state index in [9.17, 15) is 4.79 Å². The maximum absolute atomic E-state index is 10.1. The van der Waals surface area contributed by atoms with E-state index in [1.807, 2.05) is 0 Å². The highest BCUT2D eigenvalue weighted by atomic mass is 79.9. The van der Waals surface area contributed by atoms with Crippen LogP contribution in [-0.2, 0) is 0 Å². The highest BCUT2D eigenvalue weighted by molar-refractivity contribution is 9.10. The molecule has 0 saturated heterocycles. The lowest BCUT2D eigenvalue weighted by Crippen LogP contribution is -1.80. The number of nitrogens with zero attached hydrogens (tertiary/aromatic N) is 1. The van der Waals surface area contributed by atoms with Crippen LogP contribution >= 0.6 is 15.9 Å². The molecule has 0 saturated carbocycles. The number of hydrogen-bond donors (Lipinski definition) is 0. The van der Waals surface area contributed by atoms with Gasteiger partial charge in [0.2, 0.25) is 0 Å². The van der Waals surface area contributed by atoms with Gasteiger partial charge in [0, 0.05) is 11.8 Å². The van der Waals surface area contributed by atoms with E-state index < -0.39 is 0 Å². The summed E-state index contributed by atoms with van der Waals surface area (Å²) in [6.07, 6.45) is 2.27. The Hall–Kier alpha value is -0.740. The number of carbonyl (C=O) groups excluding carboxylic acids is 1. The van der Waals surface area contributed by atoms with Gasteiger partial charge in [0.1, 0.15) is 4.60 Å². The summed E-state index contributed by atoms with van der Waals surface area (Å²) < 4.78 is 0.744. The average molecular weight is 204 g/mol. The van der Waals surface area contributed by atoms with Crippen LogP contribution in [-0.4, -0.2) is 16.7 Å². The van der Waals surface area contributed by atoms with Crippen LogP contribution in [0.5, 0.6) is 0 Å². The molecule has 0 aromatic carbocycles. The smallest absolute Gasteiger partial charge is 0.151 e. The molecule has 0 bridgehead atoms. The molecule has 0 aliphatic carbocycles. The molecular weight excluding hydrogens is 198 g/mol. The van der Waals surface area contributed by atoms with Crippen LogP contribution in [0.25, 0.3) is 0 Å². The van der Waals surface area contributed by atoms with E-state index in [1.165, 1.54) is 6.20 Å². The van der Waals surface area contributed by atoms with Crippen LogP contribution in [0, 0.1) is 0 Å². The average Bonchev–Trinajstić information content (AvgIpc) is 1.90. The highest BCUT2D eigenvalue weighted by Crippen LogP contribution is 2.03. The Morgan fingerprint density at radius 1 is 1.50 bits per heavy atom. The van der Waals surface area contributed by atoms with E-state index in [2.05, 4.69) is 20.9 Å². The SMILES string of the molecule is O.O=Cc1ccc(Br)nc1. The number of pyridine rings is 1. The summed E-state index contributed by atoms with van der Waals surface area (Å²) in [5, 5.41) is 0. The van der Waals surface area contributed by atoms with E-state index in [0.717, 1.165) is 10.9 Å². The zero-order chi connectivity index (χ0) is 6.69. The molecule has 2 N–H and O–H groups in total. The Kier molecular flexibility index (Phi) is 3.83. The molecule has 0 aliphatic heterocycles. The van der Waals surface area contributed by atoms with Crippen molar-refractivity contribution in [3.63, 3.8) is 0 Å². The number of rotatable bonds is 1. The molecule has 10 heavy (non-hydrogen) atoms. The van der Waals surface area contributed by atoms with Crippen molar-refractivity contribution in [2.24, 2.45) is 0 Å². The first-order chi connectivity index (χ1) is 4.33. The summed E-state index contributed by atoms with van der Waals surface area (Å²) in [5.74, 6) is 0. The Morgan fingerprint density at radius 2 is 2.20 bits per heavy atom. The molecule has 0 aliphatic rings. The summed E-state index contributed by atoms with van der Waals surface area (Å²) in [4.78, 5) is 13.9. The zero-order valence-corrected chi connectivity index (χ0v) is 6.63. The molecule has 1 aromatic heterocycles. The third kappa shape index (κ3) is 2.24.